The highest BCUT2D eigenvalue weighted by molar-refractivity contribution is 7.98. The maximum atomic E-state index is 13.3. The van der Waals surface area contributed by atoms with E-state index < -0.39 is 0 Å². The minimum atomic E-state index is -0.221. The first-order valence-corrected chi connectivity index (χ1v) is 5.79. The highest BCUT2D eigenvalue weighted by Crippen LogP contribution is 2.23. The molecule has 0 aliphatic carbocycles. The average Bonchev–Trinajstić information content (AvgIpc) is 2.76. The molecule has 0 aliphatic rings. The predicted molar refractivity (Wildman–Crippen MR) is 60.5 cm³/mol. The SMILES string of the molecule is OCc1cnc(CSc2ccccc2F)[nH]1. The molecule has 0 saturated heterocycles. The van der Waals surface area contributed by atoms with Crippen molar-refractivity contribution in [1.82, 2.24) is 9.97 Å². The molecule has 0 bridgehead atoms. The maximum absolute atomic E-state index is 13.3. The van der Waals surface area contributed by atoms with Crippen LogP contribution in [0.4, 0.5) is 4.39 Å². The third-order valence-corrected chi connectivity index (χ3v) is 3.11. The number of aliphatic hydroxyl groups is 1. The number of thioether (sulfide) groups is 1. The molecule has 2 aromatic rings. The summed E-state index contributed by atoms with van der Waals surface area (Å²) in [4.78, 5) is 7.62. The number of hydrogen-bond donors (Lipinski definition) is 2. The lowest BCUT2D eigenvalue weighted by Gasteiger charge is -2.00. The molecule has 84 valence electrons. The van der Waals surface area contributed by atoms with Gasteiger partial charge in [-0.15, -0.1) is 11.8 Å². The summed E-state index contributed by atoms with van der Waals surface area (Å²) in [6.07, 6.45) is 1.58. The van der Waals surface area contributed by atoms with Gasteiger partial charge in [0.15, 0.2) is 0 Å². The molecule has 2 rings (SSSR count). The topological polar surface area (TPSA) is 48.9 Å². The number of aromatic nitrogens is 2. The Kier molecular flexibility index (Phi) is 3.58. The highest BCUT2D eigenvalue weighted by atomic mass is 32.2. The average molecular weight is 238 g/mol. The van der Waals surface area contributed by atoms with Gasteiger partial charge in [0.25, 0.3) is 0 Å². The molecule has 0 atom stereocenters. The molecule has 0 spiro atoms. The molecule has 0 radical (unpaired) electrons. The predicted octanol–water partition coefficient (Wildman–Crippen LogP) is 2.33. The second-order valence-corrected chi connectivity index (χ2v) is 4.25. The third-order valence-electron chi connectivity index (χ3n) is 2.05. The fourth-order valence-corrected chi connectivity index (χ4v) is 2.09. The standard InChI is InChI=1S/C11H11FN2OS/c12-9-3-1-2-4-10(9)16-7-11-13-5-8(6-15)14-11/h1-5,15H,6-7H2,(H,13,14). The van der Waals surface area contributed by atoms with Crippen molar-refractivity contribution in [2.75, 3.05) is 0 Å². The number of imidazole rings is 1. The summed E-state index contributed by atoms with van der Waals surface area (Å²) >= 11 is 1.37. The molecule has 1 aromatic carbocycles. The van der Waals surface area contributed by atoms with Gasteiger partial charge in [0.05, 0.1) is 24.3 Å². The Bertz CT molecular complexity index is 473. The van der Waals surface area contributed by atoms with Gasteiger partial charge in [-0.05, 0) is 12.1 Å². The second kappa shape index (κ2) is 5.14. The van der Waals surface area contributed by atoms with Crippen molar-refractivity contribution < 1.29 is 9.50 Å². The van der Waals surface area contributed by atoms with Gasteiger partial charge in [-0.25, -0.2) is 9.37 Å². The Hall–Kier alpha value is -1.33. The Morgan fingerprint density at radius 3 is 2.88 bits per heavy atom. The first-order chi connectivity index (χ1) is 7.79. The van der Waals surface area contributed by atoms with Crippen molar-refractivity contribution in [2.24, 2.45) is 0 Å². The van der Waals surface area contributed by atoms with Crippen LogP contribution in [0.5, 0.6) is 0 Å². The van der Waals surface area contributed by atoms with E-state index >= 15 is 0 Å². The number of H-pyrrole nitrogens is 1. The normalized spacial score (nSPS) is 10.6. The number of benzene rings is 1. The molecule has 0 fully saturated rings. The Morgan fingerprint density at radius 1 is 1.38 bits per heavy atom. The van der Waals surface area contributed by atoms with Crippen LogP contribution in [-0.2, 0) is 12.4 Å². The van der Waals surface area contributed by atoms with Crippen LogP contribution in [0.3, 0.4) is 0 Å². The number of nitrogens with one attached hydrogen (secondary N) is 1. The molecule has 5 heteroatoms. The number of hydrogen-bond acceptors (Lipinski definition) is 3. The molecule has 0 unspecified atom stereocenters. The van der Waals surface area contributed by atoms with E-state index in [1.807, 2.05) is 0 Å². The molecule has 0 aliphatic heterocycles. The maximum Gasteiger partial charge on any atom is 0.136 e. The summed E-state index contributed by atoms with van der Waals surface area (Å²) in [6, 6.07) is 6.63. The van der Waals surface area contributed by atoms with Gasteiger partial charge in [-0.2, -0.15) is 0 Å². The Labute approximate surface area is 96.7 Å². The third kappa shape index (κ3) is 2.62. The largest absolute Gasteiger partial charge is 0.390 e. The van der Waals surface area contributed by atoms with Gasteiger partial charge in [-0.1, -0.05) is 12.1 Å². The summed E-state index contributed by atoms with van der Waals surface area (Å²) in [7, 11) is 0. The summed E-state index contributed by atoms with van der Waals surface area (Å²) < 4.78 is 13.3. The molecule has 0 saturated carbocycles. The lowest BCUT2D eigenvalue weighted by Crippen LogP contribution is -1.87. The first-order valence-electron chi connectivity index (χ1n) is 4.80. The van der Waals surface area contributed by atoms with Crippen molar-refractivity contribution in [1.29, 1.82) is 0 Å². The van der Waals surface area contributed by atoms with Crippen LogP contribution < -0.4 is 0 Å². The molecule has 0 amide bonds. The van der Waals surface area contributed by atoms with Crippen LogP contribution in [0.25, 0.3) is 0 Å². The van der Waals surface area contributed by atoms with E-state index in [0.29, 0.717) is 16.3 Å². The van der Waals surface area contributed by atoms with Crippen molar-refractivity contribution in [2.45, 2.75) is 17.3 Å². The van der Waals surface area contributed by atoms with Crippen LogP contribution in [-0.4, -0.2) is 15.1 Å². The molecule has 1 heterocycles. The quantitative estimate of drug-likeness (QED) is 0.804. The van der Waals surface area contributed by atoms with Crippen molar-refractivity contribution in [3.8, 4) is 0 Å². The van der Waals surface area contributed by atoms with Gasteiger partial charge in [0, 0.05) is 4.90 Å². The van der Waals surface area contributed by atoms with Crippen LogP contribution in [0.1, 0.15) is 11.5 Å². The van der Waals surface area contributed by atoms with Crippen LogP contribution in [0, 0.1) is 5.82 Å². The van der Waals surface area contributed by atoms with E-state index in [1.165, 1.54) is 17.8 Å². The lowest BCUT2D eigenvalue weighted by molar-refractivity contribution is 0.277. The van der Waals surface area contributed by atoms with Gasteiger partial charge in [-0.3, -0.25) is 0 Å². The van der Waals surface area contributed by atoms with E-state index in [1.54, 1.807) is 24.4 Å². The van der Waals surface area contributed by atoms with Gasteiger partial charge in [0.2, 0.25) is 0 Å². The molecule has 3 nitrogen and oxygen atoms in total. The summed E-state index contributed by atoms with van der Waals surface area (Å²) in [5, 5.41) is 8.84. The number of nitrogens with zero attached hydrogens (tertiary/aromatic N) is 1. The van der Waals surface area contributed by atoms with E-state index in [-0.39, 0.29) is 12.4 Å². The second-order valence-electron chi connectivity index (χ2n) is 3.23. The van der Waals surface area contributed by atoms with E-state index in [4.69, 9.17) is 5.11 Å². The van der Waals surface area contributed by atoms with Crippen LogP contribution >= 0.6 is 11.8 Å². The van der Waals surface area contributed by atoms with Crippen molar-refractivity contribution >= 4 is 11.8 Å². The number of rotatable bonds is 4. The van der Waals surface area contributed by atoms with Gasteiger partial charge in [0.1, 0.15) is 11.6 Å². The summed E-state index contributed by atoms with van der Waals surface area (Å²) in [5.74, 6) is 1.07. The molecular formula is C11H11FN2OS. The zero-order valence-corrected chi connectivity index (χ0v) is 9.30. The molecule has 1 aromatic heterocycles. The van der Waals surface area contributed by atoms with Crippen LogP contribution in [0.15, 0.2) is 35.4 Å². The summed E-state index contributed by atoms with van der Waals surface area (Å²) in [6.45, 7) is -0.0582. The monoisotopic (exact) mass is 238 g/mol. The number of aromatic amines is 1. The number of aliphatic hydroxyl groups excluding tert-OH is 1. The minimum absolute atomic E-state index is 0.0582. The molecular weight excluding hydrogens is 227 g/mol. The van der Waals surface area contributed by atoms with Gasteiger partial charge < -0.3 is 10.1 Å². The molecule has 2 N–H and O–H groups in total. The zero-order valence-electron chi connectivity index (χ0n) is 8.48. The van der Waals surface area contributed by atoms with Crippen LogP contribution in [0.2, 0.25) is 0 Å². The fourth-order valence-electron chi connectivity index (χ4n) is 1.27. The Morgan fingerprint density at radius 2 is 2.19 bits per heavy atom. The fraction of sp³-hybridized carbons (Fsp3) is 0.182. The van der Waals surface area contributed by atoms with E-state index in [0.717, 1.165) is 5.82 Å². The van der Waals surface area contributed by atoms with Gasteiger partial charge >= 0.3 is 0 Å². The van der Waals surface area contributed by atoms with Crippen molar-refractivity contribution in [3.05, 3.63) is 47.8 Å². The molecule has 16 heavy (non-hydrogen) atoms. The summed E-state index contributed by atoms with van der Waals surface area (Å²) in [5.41, 5.74) is 0.670. The number of halogens is 1. The Balaban J connectivity index is 1.99. The first kappa shape index (κ1) is 11.2. The zero-order chi connectivity index (χ0) is 11.4. The lowest BCUT2D eigenvalue weighted by atomic mass is 10.3. The smallest absolute Gasteiger partial charge is 0.136 e. The van der Waals surface area contributed by atoms with E-state index in [9.17, 15) is 4.39 Å². The van der Waals surface area contributed by atoms with E-state index in [2.05, 4.69) is 9.97 Å². The van der Waals surface area contributed by atoms with Crippen molar-refractivity contribution in [3.63, 3.8) is 0 Å². The minimum Gasteiger partial charge on any atom is -0.390 e. The highest BCUT2D eigenvalue weighted by Gasteiger charge is 2.04.